The van der Waals surface area contributed by atoms with Crippen LogP contribution < -0.4 is 4.90 Å². The lowest BCUT2D eigenvalue weighted by atomic mass is 10.1. The number of benzene rings is 2. The van der Waals surface area contributed by atoms with Crippen molar-refractivity contribution >= 4 is 11.6 Å². The van der Waals surface area contributed by atoms with Crippen LogP contribution in [0.4, 0.5) is 18.9 Å². The molecule has 2 aliphatic rings. The van der Waals surface area contributed by atoms with Crippen molar-refractivity contribution in [3.63, 3.8) is 0 Å². The third kappa shape index (κ3) is 6.26. The molecule has 0 spiro atoms. The number of anilines is 1. The van der Waals surface area contributed by atoms with Gasteiger partial charge in [0.1, 0.15) is 0 Å². The SMILES string of the molecule is Cc1cccc(N2CCN(C(=O)CN3CCN(Cc4cccc(C(F)(F)F)c4)CC3)CC2)c1. The Morgan fingerprint density at radius 2 is 1.52 bits per heavy atom. The molecule has 5 nitrogen and oxygen atoms in total. The van der Waals surface area contributed by atoms with E-state index in [1.165, 1.54) is 23.4 Å². The molecular formula is C25H31F3N4O. The van der Waals surface area contributed by atoms with Gasteiger partial charge in [-0.3, -0.25) is 14.6 Å². The van der Waals surface area contributed by atoms with Crippen LogP contribution in [-0.2, 0) is 17.5 Å². The molecule has 0 aromatic heterocycles. The second-order valence-corrected chi connectivity index (χ2v) is 8.96. The number of hydrogen-bond donors (Lipinski definition) is 0. The van der Waals surface area contributed by atoms with Crippen molar-refractivity contribution < 1.29 is 18.0 Å². The fraction of sp³-hybridized carbons (Fsp3) is 0.480. The molecule has 0 bridgehead atoms. The zero-order valence-corrected chi connectivity index (χ0v) is 19.0. The summed E-state index contributed by atoms with van der Waals surface area (Å²) in [4.78, 5) is 21.4. The molecule has 4 rings (SSSR count). The van der Waals surface area contributed by atoms with Crippen molar-refractivity contribution in [2.24, 2.45) is 0 Å². The van der Waals surface area contributed by atoms with Gasteiger partial charge in [0.05, 0.1) is 12.1 Å². The topological polar surface area (TPSA) is 30.0 Å². The van der Waals surface area contributed by atoms with Gasteiger partial charge in [0.15, 0.2) is 0 Å². The number of alkyl halides is 3. The molecule has 0 radical (unpaired) electrons. The summed E-state index contributed by atoms with van der Waals surface area (Å²) in [6.07, 6.45) is -4.32. The summed E-state index contributed by atoms with van der Waals surface area (Å²) in [5, 5.41) is 0. The summed E-state index contributed by atoms with van der Waals surface area (Å²) >= 11 is 0. The summed E-state index contributed by atoms with van der Waals surface area (Å²) in [6, 6.07) is 14.0. The van der Waals surface area contributed by atoms with Crippen LogP contribution in [0.5, 0.6) is 0 Å². The average molecular weight is 461 g/mol. The Kier molecular flexibility index (Phi) is 7.24. The van der Waals surface area contributed by atoms with Crippen molar-refractivity contribution in [3.05, 3.63) is 65.2 Å². The highest BCUT2D eigenvalue weighted by molar-refractivity contribution is 5.78. The predicted octanol–water partition coefficient (Wildman–Crippen LogP) is 3.48. The number of piperazine rings is 2. The number of carbonyl (C=O) groups is 1. The predicted molar refractivity (Wildman–Crippen MR) is 123 cm³/mol. The van der Waals surface area contributed by atoms with Gasteiger partial charge in [0.25, 0.3) is 0 Å². The van der Waals surface area contributed by atoms with Gasteiger partial charge in [-0.1, -0.05) is 30.3 Å². The van der Waals surface area contributed by atoms with Crippen molar-refractivity contribution in [3.8, 4) is 0 Å². The summed E-state index contributed by atoms with van der Waals surface area (Å²) < 4.78 is 38.8. The van der Waals surface area contributed by atoms with E-state index in [1.54, 1.807) is 6.07 Å². The minimum Gasteiger partial charge on any atom is -0.368 e. The minimum absolute atomic E-state index is 0.158. The molecule has 178 valence electrons. The van der Waals surface area contributed by atoms with E-state index in [4.69, 9.17) is 0 Å². The molecule has 2 saturated heterocycles. The van der Waals surface area contributed by atoms with Gasteiger partial charge < -0.3 is 9.80 Å². The normalized spacial score (nSPS) is 18.5. The van der Waals surface area contributed by atoms with Crippen LogP contribution in [0.3, 0.4) is 0 Å². The lowest BCUT2D eigenvalue weighted by molar-refractivity contribution is -0.137. The van der Waals surface area contributed by atoms with Gasteiger partial charge in [0.2, 0.25) is 5.91 Å². The van der Waals surface area contributed by atoms with Gasteiger partial charge in [-0.2, -0.15) is 13.2 Å². The van der Waals surface area contributed by atoms with E-state index in [-0.39, 0.29) is 5.91 Å². The Morgan fingerprint density at radius 1 is 0.848 bits per heavy atom. The zero-order valence-electron chi connectivity index (χ0n) is 19.0. The van der Waals surface area contributed by atoms with E-state index >= 15 is 0 Å². The van der Waals surface area contributed by atoms with Crippen molar-refractivity contribution in [2.45, 2.75) is 19.6 Å². The number of aryl methyl sites for hydroxylation is 1. The van der Waals surface area contributed by atoms with Gasteiger partial charge in [-0.25, -0.2) is 0 Å². The van der Waals surface area contributed by atoms with Gasteiger partial charge in [0, 0.05) is 64.6 Å². The first-order valence-electron chi connectivity index (χ1n) is 11.5. The van der Waals surface area contributed by atoms with Gasteiger partial charge in [-0.05, 0) is 36.2 Å². The number of halogens is 3. The lowest BCUT2D eigenvalue weighted by Crippen LogP contribution is -2.53. The standard InChI is InChI=1S/C25H31F3N4O/c1-20-4-2-7-23(16-20)31-12-14-32(15-13-31)24(33)19-30-10-8-29(9-11-30)18-21-5-3-6-22(17-21)25(26,27)28/h2-7,16-17H,8-15,18-19H2,1H3. The van der Waals surface area contributed by atoms with Crippen molar-refractivity contribution in [1.29, 1.82) is 0 Å². The summed E-state index contributed by atoms with van der Waals surface area (Å²) in [7, 11) is 0. The molecule has 8 heteroatoms. The number of hydrogen-bond acceptors (Lipinski definition) is 4. The largest absolute Gasteiger partial charge is 0.416 e. The molecule has 0 aliphatic carbocycles. The summed E-state index contributed by atoms with van der Waals surface area (Å²) in [5.74, 6) is 0.158. The maximum atomic E-state index is 12.9. The van der Waals surface area contributed by atoms with Crippen molar-refractivity contribution in [1.82, 2.24) is 14.7 Å². The highest BCUT2D eigenvalue weighted by Gasteiger charge is 2.30. The van der Waals surface area contributed by atoms with Gasteiger partial charge >= 0.3 is 6.18 Å². The smallest absolute Gasteiger partial charge is 0.368 e. The first-order chi connectivity index (χ1) is 15.8. The fourth-order valence-corrected chi connectivity index (χ4v) is 4.54. The third-order valence-electron chi connectivity index (χ3n) is 6.48. The van der Waals surface area contributed by atoms with Crippen LogP contribution in [0.1, 0.15) is 16.7 Å². The van der Waals surface area contributed by atoms with E-state index in [1.807, 2.05) is 4.90 Å². The highest BCUT2D eigenvalue weighted by Crippen LogP contribution is 2.29. The van der Waals surface area contributed by atoms with E-state index < -0.39 is 11.7 Å². The first-order valence-corrected chi connectivity index (χ1v) is 11.5. The molecule has 2 fully saturated rings. The highest BCUT2D eigenvalue weighted by atomic mass is 19.4. The molecule has 33 heavy (non-hydrogen) atoms. The molecular weight excluding hydrogens is 429 g/mol. The van der Waals surface area contributed by atoms with Crippen LogP contribution in [0.15, 0.2) is 48.5 Å². The Bertz CT molecular complexity index is 949. The second kappa shape index (κ2) is 10.1. The fourth-order valence-electron chi connectivity index (χ4n) is 4.54. The third-order valence-corrected chi connectivity index (χ3v) is 6.48. The van der Waals surface area contributed by atoms with Crippen LogP contribution in [-0.4, -0.2) is 79.5 Å². The molecule has 0 unspecified atom stereocenters. The average Bonchev–Trinajstić information content (AvgIpc) is 2.80. The number of amides is 1. The summed E-state index contributed by atoms with van der Waals surface area (Å²) in [5.41, 5.74) is 2.50. The maximum Gasteiger partial charge on any atom is 0.416 e. The number of rotatable bonds is 5. The Hall–Kier alpha value is -2.58. The molecule has 2 heterocycles. The Labute approximate surface area is 193 Å². The Balaban J connectivity index is 1.21. The molecule has 2 aromatic rings. The van der Waals surface area contributed by atoms with E-state index in [0.717, 1.165) is 58.4 Å². The Morgan fingerprint density at radius 3 is 2.18 bits per heavy atom. The molecule has 0 atom stereocenters. The molecule has 0 saturated carbocycles. The second-order valence-electron chi connectivity index (χ2n) is 8.96. The molecule has 1 amide bonds. The summed E-state index contributed by atoms with van der Waals surface area (Å²) in [6.45, 7) is 9.07. The molecule has 0 N–H and O–H groups in total. The monoisotopic (exact) mass is 460 g/mol. The van der Waals surface area contributed by atoms with E-state index in [9.17, 15) is 18.0 Å². The number of nitrogens with zero attached hydrogens (tertiary/aromatic N) is 4. The van der Waals surface area contributed by atoms with Crippen LogP contribution >= 0.6 is 0 Å². The van der Waals surface area contributed by atoms with Crippen LogP contribution in [0.25, 0.3) is 0 Å². The van der Waals surface area contributed by atoms with Gasteiger partial charge in [-0.15, -0.1) is 0 Å². The van der Waals surface area contributed by atoms with Crippen LogP contribution in [0, 0.1) is 6.92 Å². The number of carbonyl (C=O) groups excluding carboxylic acids is 1. The zero-order chi connectivity index (χ0) is 23.4. The van der Waals surface area contributed by atoms with Crippen molar-refractivity contribution in [2.75, 3.05) is 63.8 Å². The van der Waals surface area contributed by atoms with E-state index in [2.05, 4.69) is 45.9 Å². The van der Waals surface area contributed by atoms with Crippen LogP contribution in [0.2, 0.25) is 0 Å². The molecule has 2 aromatic carbocycles. The minimum atomic E-state index is -4.32. The first kappa shape index (κ1) is 23.6. The quantitative estimate of drug-likeness (QED) is 0.684. The maximum absolute atomic E-state index is 12.9. The van der Waals surface area contributed by atoms with E-state index in [0.29, 0.717) is 18.7 Å². The molecule has 2 aliphatic heterocycles. The lowest BCUT2D eigenvalue weighted by Gasteiger charge is -2.38.